The van der Waals surface area contributed by atoms with Crippen LogP contribution in [0.3, 0.4) is 0 Å². The summed E-state index contributed by atoms with van der Waals surface area (Å²) in [4.78, 5) is 10.6. The number of rotatable bonds is 1. The maximum Gasteiger partial charge on any atom is 0.508 e. The second-order valence-corrected chi connectivity index (χ2v) is 3.19. The lowest BCUT2D eigenvalue weighted by atomic mass is 10.2. The predicted molar refractivity (Wildman–Crippen MR) is 44.3 cm³/mol. The predicted octanol–water partition coefficient (Wildman–Crippen LogP) is 1.74. The van der Waals surface area contributed by atoms with Crippen molar-refractivity contribution in [2.75, 3.05) is 4.43 Å². The molecule has 0 bridgehead atoms. The highest BCUT2D eigenvalue weighted by molar-refractivity contribution is 14.1. The summed E-state index contributed by atoms with van der Waals surface area (Å²) in [6, 6.07) is 0. The van der Waals surface area contributed by atoms with Crippen LogP contribution in [0.15, 0.2) is 0 Å². The lowest BCUT2D eigenvalue weighted by Gasteiger charge is -2.25. The second kappa shape index (κ2) is 3.41. The van der Waals surface area contributed by atoms with Crippen LogP contribution in [-0.4, -0.2) is 22.8 Å². The molecule has 0 radical (unpaired) electrons. The highest BCUT2D eigenvalue weighted by atomic mass is 127. The number of cyclic esters (lactones) is 2. The van der Waals surface area contributed by atoms with E-state index in [2.05, 4.69) is 22.6 Å². The summed E-state index contributed by atoms with van der Waals surface area (Å²) < 4.78 is 10.4. The van der Waals surface area contributed by atoms with Gasteiger partial charge in [-0.15, -0.1) is 0 Å². The molecule has 0 aromatic rings. The summed E-state index contributed by atoms with van der Waals surface area (Å²) in [6.07, 6.45) is 0.354. The summed E-state index contributed by atoms with van der Waals surface area (Å²) in [7, 11) is 0. The van der Waals surface area contributed by atoms with E-state index in [1.165, 1.54) is 0 Å². The van der Waals surface area contributed by atoms with Crippen LogP contribution in [0.5, 0.6) is 0 Å². The molecule has 1 aliphatic rings. The van der Waals surface area contributed by atoms with E-state index in [1.54, 1.807) is 0 Å². The Labute approximate surface area is 73.2 Å². The van der Waals surface area contributed by atoms with Gasteiger partial charge in [-0.3, -0.25) is 0 Å². The average molecular weight is 256 g/mol. The standard InChI is InChI=1S/C6H9IO3/c1-4-2-5(3-7)10-6(8)9-4/h4-5H,2-3H2,1H3/t4-,5+/m0/s1. The summed E-state index contributed by atoms with van der Waals surface area (Å²) in [5.41, 5.74) is 0. The largest absolute Gasteiger partial charge is 0.508 e. The molecule has 0 aromatic carbocycles. The van der Waals surface area contributed by atoms with Crippen molar-refractivity contribution >= 4 is 28.7 Å². The molecule has 3 nitrogen and oxygen atoms in total. The molecule has 0 aromatic heterocycles. The van der Waals surface area contributed by atoms with E-state index in [0.29, 0.717) is 0 Å². The van der Waals surface area contributed by atoms with Gasteiger partial charge in [-0.05, 0) is 6.92 Å². The van der Waals surface area contributed by atoms with Gasteiger partial charge in [0.1, 0.15) is 12.2 Å². The van der Waals surface area contributed by atoms with Crippen molar-refractivity contribution in [2.24, 2.45) is 0 Å². The third-order valence-corrected chi connectivity index (χ3v) is 2.31. The van der Waals surface area contributed by atoms with E-state index in [-0.39, 0.29) is 12.2 Å². The summed E-state index contributed by atoms with van der Waals surface area (Å²) in [6.45, 7) is 1.87. The normalized spacial score (nSPS) is 32.8. The first kappa shape index (κ1) is 8.10. The fraction of sp³-hybridized carbons (Fsp3) is 0.833. The lowest BCUT2D eigenvalue weighted by molar-refractivity contribution is -0.0449. The Morgan fingerprint density at radius 3 is 2.90 bits per heavy atom. The maximum atomic E-state index is 10.6. The van der Waals surface area contributed by atoms with Gasteiger partial charge in [0.2, 0.25) is 0 Å². The van der Waals surface area contributed by atoms with Gasteiger partial charge >= 0.3 is 6.16 Å². The van der Waals surface area contributed by atoms with Crippen molar-refractivity contribution in [1.82, 2.24) is 0 Å². The van der Waals surface area contributed by atoms with Crippen LogP contribution in [0, 0.1) is 0 Å². The van der Waals surface area contributed by atoms with E-state index >= 15 is 0 Å². The third kappa shape index (κ3) is 2.00. The Balaban J connectivity index is 2.42. The molecule has 0 amide bonds. The van der Waals surface area contributed by atoms with E-state index < -0.39 is 6.16 Å². The molecule has 0 spiro atoms. The van der Waals surface area contributed by atoms with Crippen LogP contribution in [-0.2, 0) is 9.47 Å². The smallest absolute Gasteiger partial charge is 0.431 e. The molecule has 10 heavy (non-hydrogen) atoms. The number of alkyl halides is 1. The number of carbonyl (C=O) groups is 1. The maximum absolute atomic E-state index is 10.6. The van der Waals surface area contributed by atoms with Crippen molar-refractivity contribution in [3.8, 4) is 0 Å². The Kier molecular flexibility index (Phi) is 2.76. The van der Waals surface area contributed by atoms with E-state index in [4.69, 9.17) is 9.47 Å². The molecule has 2 atom stereocenters. The summed E-state index contributed by atoms with van der Waals surface area (Å²) in [5.74, 6) is 0. The van der Waals surface area contributed by atoms with Crippen molar-refractivity contribution in [2.45, 2.75) is 25.6 Å². The zero-order valence-corrected chi connectivity index (χ0v) is 7.83. The average Bonchev–Trinajstić information content (AvgIpc) is 1.85. The van der Waals surface area contributed by atoms with Gasteiger partial charge in [0.05, 0.1) is 0 Å². The van der Waals surface area contributed by atoms with Crippen molar-refractivity contribution < 1.29 is 14.3 Å². The molecule has 1 aliphatic heterocycles. The molecule has 4 heteroatoms. The Bertz CT molecular complexity index is 137. The lowest BCUT2D eigenvalue weighted by Crippen LogP contribution is -2.33. The van der Waals surface area contributed by atoms with Gasteiger partial charge in [-0.1, -0.05) is 22.6 Å². The summed E-state index contributed by atoms with van der Waals surface area (Å²) in [5, 5.41) is 0. The highest BCUT2D eigenvalue weighted by Crippen LogP contribution is 2.15. The molecule has 1 rings (SSSR count). The zero-order valence-electron chi connectivity index (χ0n) is 5.67. The topological polar surface area (TPSA) is 35.5 Å². The zero-order chi connectivity index (χ0) is 7.56. The Morgan fingerprint density at radius 1 is 1.70 bits per heavy atom. The van der Waals surface area contributed by atoms with Gasteiger partial charge in [-0.25, -0.2) is 4.79 Å². The molecular weight excluding hydrogens is 247 g/mol. The van der Waals surface area contributed by atoms with E-state index in [1.807, 2.05) is 6.92 Å². The molecule has 0 N–H and O–H groups in total. The Morgan fingerprint density at radius 2 is 2.40 bits per heavy atom. The fourth-order valence-electron chi connectivity index (χ4n) is 0.889. The van der Waals surface area contributed by atoms with Crippen molar-refractivity contribution in [3.63, 3.8) is 0 Å². The van der Waals surface area contributed by atoms with Crippen LogP contribution in [0.25, 0.3) is 0 Å². The number of hydrogen-bond donors (Lipinski definition) is 0. The van der Waals surface area contributed by atoms with Crippen LogP contribution < -0.4 is 0 Å². The molecule has 1 heterocycles. The van der Waals surface area contributed by atoms with Crippen molar-refractivity contribution in [1.29, 1.82) is 0 Å². The van der Waals surface area contributed by atoms with Gasteiger partial charge in [0.25, 0.3) is 0 Å². The number of carbonyl (C=O) groups excluding carboxylic acids is 1. The SMILES string of the molecule is C[C@H]1C[C@H](CI)OC(=O)O1. The van der Waals surface area contributed by atoms with Crippen LogP contribution in [0.2, 0.25) is 0 Å². The highest BCUT2D eigenvalue weighted by Gasteiger charge is 2.25. The van der Waals surface area contributed by atoms with Gasteiger partial charge < -0.3 is 9.47 Å². The molecule has 0 aliphatic carbocycles. The minimum absolute atomic E-state index is 0.0148. The second-order valence-electron chi connectivity index (χ2n) is 2.31. The van der Waals surface area contributed by atoms with Gasteiger partial charge in [0.15, 0.2) is 0 Å². The number of halogens is 1. The summed E-state index contributed by atoms with van der Waals surface area (Å²) >= 11 is 2.19. The first-order chi connectivity index (χ1) is 4.72. The van der Waals surface area contributed by atoms with Gasteiger partial charge in [-0.2, -0.15) is 0 Å². The quantitative estimate of drug-likeness (QED) is 0.407. The first-order valence-corrected chi connectivity index (χ1v) is 4.68. The van der Waals surface area contributed by atoms with Crippen molar-refractivity contribution in [3.05, 3.63) is 0 Å². The number of ether oxygens (including phenoxy) is 2. The van der Waals surface area contributed by atoms with Crippen LogP contribution in [0.4, 0.5) is 4.79 Å². The van der Waals surface area contributed by atoms with E-state index in [0.717, 1.165) is 10.8 Å². The molecule has 58 valence electrons. The minimum atomic E-state index is -0.527. The fourth-order valence-corrected chi connectivity index (χ4v) is 1.43. The van der Waals surface area contributed by atoms with E-state index in [9.17, 15) is 4.79 Å². The molecular formula is C6H9IO3. The van der Waals surface area contributed by atoms with Gasteiger partial charge in [0, 0.05) is 10.8 Å². The molecule has 1 fully saturated rings. The molecule has 0 saturated carbocycles. The molecule has 0 unspecified atom stereocenters. The van der Waals surface area contributed by atoms with Crippen LogP contribution >= 0.6 is 22.6 Å². The molecule has 1 saturated heterocycles. The van der Waals surface area contributed by atoms with Crippen LogP contribution in [0.1, 0.15) is 13.3 Å². The Hall–Kier alpha value is 0. The first-order valence-electron chi connectivity index (χ1n) is 3.15. The number of hydrogen-bond acceptors (Lipinski definition) is 3. The third-order valence-electron chi connectivity index (χ3n) is 1.33. The monoisotopic (exact) mass is 256 g/mol. The minimum Gasteiger partial charge on any atom is -0.431 e.